The first-order valence-corrected chi connectivity index (χ1v) is 42.7. The predicted octanol–water partition coefficient (Wildman–Crippen LogP) is 7.51. The number of nitrogens with zero attached hydrogens (tertiary/aromatic N) is 4. The molecule has 4 N–H and O–H groups in total. The zero-order valence-corrected chi connectivity index (χ0v) is 54.0. The van der Waals surface area contributed by atoms with Crippen LogP contribution in [0.15, 0.2) is 23.9 Å². The van der Waals surface area contributed by atoms with Gasteiger partial charge in [-0.1, -0.05) is 50.7 Å². The molecule has 0 bridgehead atoms. The first kappa shape index (κ1) is 57.2. The van der Waals surface area contributed by atoms with Crippen LogP contribution in [0.4, 0.5) is 0 Å². The average Bonchev–Trinajstić information content (AvgIpc) is 3.12. The van der Waals surface area contributed by atoms with Gasteiger partial charge in [-0.15, -0.1) is 45.8 Å². The van der Waals surface area contributed by atoms with E-state index in [0.717, 1.165) is 0 Å². The molecular weight excluding hydrogens is 1500 g/mol. The van der Waals surface area contributed by atoms with Crippen molar-refractivity contribution in [3.63, 3.8) is 0 Å². The molecule has 22 heteroatoms. The summed E-state index contributed by atoms with van der Waals surface area (Å²) in [5.74, 6) is -2.66. The number of rotatable bonds is 12. The van der Waals surface area contributed by atoms with Crippen LogP contribution < -0.4 is 0 Å². The third-order valence-corrected chi connectivity index (χ3v) is 7.90. The number of carbonyl (C=O) groups is 4. The summed E-state index contributed by atoms with van der Waals surface area (Å²) >= 11 is -2.28. The molecule has 51 heavy (non-hydrogen) atoms. The molecule has 278 valence electrons. The Hall–Kier alpha value is 1.86. The molecule has 4 aliphatic heterocycles. The van der Waals surface area contributed by atoms with Crippen molar-refractivity contribution in [1.82, 2.24) is 0 Å². The second kappa shape index (κ2) is 35.1. The Kier molecular flexibility index (Phi) is 39.3. The quantitative estimate of drug-likeness (QED) is 0.108. The second-order valence-electron chi connectivity index (χ2n) is 11.3. The standard InChI is InChI=1S/C29H40N4O8.4ClH.4Hg.2H2N/c34-25(21-1-9-30-10-2-21)38-17-29(18-39-26(35)22-3-11-31-12-4-22,19-40-27(36)23-5-13-32-14-6-23)20-41-28(37)24-7-15-33-16-8-24;;;;;;;;;;/h1-2,9,22-24H,3-8,10-20H2;4*1H;;;;;2*1H2/q-4;;;;;2*+1;2*+2;2*-1/p-4. The fraction of sp³-hybridized carbons (Fsp3) is 0.724. The summed E-state index contributed by atoms with van der Waals surface area (Å²) in [5.41, 5.74) is -0.959. The number of carbonyl (C=O) groups excluding carboxylic acids is 4. The summed E-state index contributed by atoms with van der Waals surface area (Å²) in [6.07, 6.45) is 8.27. The van der Waals surface area contributed by atoms with Crippen molar-refractivity contribution in [3.8, 4) is 0 Å². The Morgan fingerprint density at radius 1 is 0.627 bits per heavy atom. The maximum atomic E-state index is 13.0. The van der Waals surface area contributed by atoms with Gasteiger partial charge in [0.05, 0.1) is 23.3 Å². The number of halogens is 4. The number of piperidine rings is 3. The van der Waals surface area contributed by atoms with Crippen LogP contribution in [0.25, 0.3) is 33.6 Å². The van der Waals surface area contributed by atoms with E-state index in [4.69, 9.17) is 51.9 Å². The normalized spacial score (nSPS) is 17.1. The molecule has 4 aliphatic rings. The number of hydrogen-bond donors (Lipinski definition) is 0. The van der Waals surface area contributed by atoms with Gasteiger partial charge in [0, 0.05) is 0 Å². The third kappa shape index (κ3) is 23.6. The van der Waals surface area contributed by atoms with Crippen LogP contribution in [0.3, 0.4) is 0 Å². The topological polar surface area (TPSA) is 229 Å². The van der Waals surface area contributed by atoms with E-state index < -0.39 is 73.5 Å². The molecule has 0 unspecified atom stereocenters. The van der Waals surface area contributed by atoms with Crippen molar-refractivity contribution in [2.24, 2.45) is 23.2 Å². The summed E-state index contributed by atoms with van der Waals surface area (Å²) in [6, 6.07) is 0. The number of nitrogens with two attached hydrogens (primary N) is 2. The fourth-order valence-corrected chi connectivity index (χ4v) is 5.10. The van der Waals surface area contributed by atoms with Crippen molar-refractivity contribution in [3.05, 3.63) is 57.5 Å². The second-order valence-corrected chi connectivity index (χ2v) is 27.0. The Labute approximate surface area is 381 Å². The van der Waals surface area contributed by atoms with Crippen LogP contribution in [0.5, 0.6) is 0 Å². The molecular formula is C29H44Cl4Hg4N6O8-4. The van der Waals surface area contributed by atoms with E-state index in [1.165, 1.54) is 6.20 Å². The van der Waals surface area contributed by atoms with Gasteiger partial charge in [0.25, 0.3) is 0 Å². The summed E-state index contributed by atoms with van der Waals surface area (Å²) in [4.78, 5) is 51.8. The van der Waals surface area contributed by atoms with Gasteiger partial charge < -0.3 is 52.5 Å². The Bertz CT molecular complexity index is 957. The maximum Gasteiger partial charge on any atom is 1.00 e. The van der Waals surface area contributed by atoms with Gasteiger partial charge in [0.2, 0.25) is 0 Å². The monoisotopic (exact) mass is 1550 g/mol. The van der Waals surface area contributed by atoms with Gasteiger partial charge in [-0.3, -0.25) is 14.4 Å². The minimum atomic E-state index is -1.29. The van der Waals surface area contributed by atoms with Gasteiger partial charge in [-0.05, 0) is 0 Å². The van der Waals surface area contributed by atoms with Gasteiger partial charge in [0.1, 0.15) is 31.8 Å². The van der Waals surface area contributed by atoms with E-state index in [9.17, 15) is 19.2 Å². The van der Waals surface area contributed by atoms with Crippen molar-refractivity contribution in [2.45, 2.75) is 38.5 Å². The molecule has 4 heterocycles. The number of ether oxygens (including phenoxy) is 4. The molecule has 3 saturated heterocycles. The van der Waals surface area contributed by atoms with E-state index in [1.807, 2.05) is 0 Å². The first-order valence-electron chi connectivity index (χ1n) is 15.6. The molecule has 0 amide bonds. The fourth-order valence-electron chi connectivity index (χ4n) is 5.10. The summed E-state index contributed by atoms with van der Waals surface area (Å²) in [6.45, 7) is 2.86. The molecule has 2 radical (unpaired) electrons. The SMILES string of the molecule is O=C(OCC(COC(=O)C1CC[N-]CC1)(COC(=O)C1CC[N-]CC1)COC(=O)C1CC[N-]CC1)C1=CC[N-]C=C1.[Cl][Hg][Cl].[Cl][Hg][Cl].[Hg+].[Hg+].[NH2-].[NH2-]. The molecule has 0 aliphatic carbocycles. The molecule has 3 fully saturated rings. The zero-order valence-electron chi connectivity index (χ0n) is 29.0. The van der Waals surface area contributed by atoms with Crippen LogP contribution in [-0.4, -0.2) is 96.1 Å². The minimum absolute atomic E-state index is 0. The van der Waals surface area contributed by atoms with Gasteiger partial charge in [-0.25, -0.2) is 4.79 Å². The molecule has 4 rings (SSSR count). The Morgan fingerprint density at radius 3 is 1.24 bits per heavy atom. The largest absolute Gasteiger partial charge is 1.00 e. The van der Waals surface area contributed by atoms with Crippen LogP contribution in [0.2, 0.25) is 0 Å². The number of esters is 4. The first-order chi connectivity index (χ1) is 22.8. The predicted molar refractivity (Wildman–Crippen MR) is 183 cm³/mol. The van der Waals surface area contributed by atoms with Crippen molar-refractivity contribution in [1.29, 1.82) is 0 Å². The minimum Gasteiger partial charge on any atom is -0.693 e. The Balaban J connectivity index is -0.00000215. The number of hydrogen-bond acceptors (Lipinski definition) is 8. The zero-order chi connectivity index (χ0) is 34.3. The molecule has 0 aromatic carbocycles. The van der Waals surface area contributed by atoms with Crippen molar-refractivity contribution < 1.29 is 138 Å². The molecule has 0 aromatic heterocycles. The smallest absolute Gasteiger partial charge is 0.693 e. The summed E-state index contributed by atoms with van der Waals surface area (Å²) in [5, 5.41) is 16.9. The summed E-state index contributed by atoms with van der Waals surface area (Å²) < 4.78 is 22.9. The van der Waals surface area contributed by atoms with Crippen LogP contribution in [-0.2, 0) is 138 Å². The van der Waals surface area contributed by atoms with E-state index in [-0.39, 0.29) is 112 Å². The average molecular weight is 1550 g/mol. The molecule has 0 atom stereocenters. The third-order valence-electron chi connectivity index (χ3n) is 7.90. The molecule has 0 aromatic rings. The van der Waals surface area contributed by atoms with Gasteiger partial charge in [0.15, 0.2) is 0 Å². The van der Waals surface area contributed by atoms with E-state index in [2.05, 4.69) is 21.3 Å². The van der Waals surface area contributed by atoms with E-state index in [1.54, 1.807) is 12.2 Å². The van der Waals surface area contributed by atoms with Crippen molar-refractivity contribution >= 4 is 56.9 Å². The molecule has 0 saturated carbocycles. The van der Waals surface area contributed by atoms with Crippen molar-refractivity contribution in [2.75, 3.05) is 72.2 Å². The van der Waals surface area contributed by atoms with Gasteiger partial charge >= 0.3 is 156 Å². The van der Waals surface area contributed by atoms with Crippen LogP contribution >= 0.6 is 33.0 Å². The van der Waals surface area contributed by atoms with Crippen LogP contribution in [0, 0.1) is 23.2 Å². The van der Waals surface area contributed by atoms with E-state index in [0.29, 0.717) is 89.9 Å². The molecule has 14 nitrogen and oxygen atoms in total. The van der Waals surface area contributed by atoms with E-state index >= 15 is 0 Å². The maximum absolute atomic E-state index is 13.0. The van der Waals surface area contributed by atoms with Crippen LogP contribution in [0.1, 0.15) is 38.5 Å². The Morgan fingerprint density at radius 2 is 0.941 bits per heavy atom. The van der Waals surface area contributed by atoms with Gasteiger partial charge in [-0.2, -0.15) is 6.20 Å². The summed E-state index contributed by atoms with van der Waals surface area (Å²) in [7, 11) is 19.9. The molecule has 0 spiro atoms.